The minimum atomic E-state index is -0.955. The van der Waals surface area contributed by atoms with E-state index in [0.29, 0.717) is 30.2 Å². The molecule has 0 atom stereocenters. The van der Waals surface area contributed by atoms with Crippen LogP contribution in [0.1, 0.15) is 63.6 Å². The molecule has 1 aromatic carbocycles. The van der Waals surface area contributed by atoms with Crippen LogP contribution in [0.25, 0.3) is 5.69 Å². The Morgan fingerprint density at radius 3 is 2.43 bits per heavy atom. The highest BCUT2D eigenvalue weighted by Gasteiger charge is 2.47. The van der Waals surface area contributed by atoms with Gasteiger partial charge >= 0.3 is 12.0 Å². The zero-order chi connectivity index (χ0) is 21.8. The van der Waals surface area contributed by atoms with Crippen LogP contribution in [-0.4, -0.2) is 45.1 Å². The van der Waals surface area contributed by atoms with E-state index in [9.17, 15) is 14.0 Å². The molecule has 30 heavy (non-hydrogen) atoms. The van der Waals surface area contributed by atoms with Crippen molar-refractivity contribution in [1.82, 2.24) is 14.5 Å². The lowest BCUT2D eigenvalue weighted by Gasteiger charge is -2.45. The van der Waals surface area contributed by atoms with Gasteiger partial charge in [-0.1, -0.05) is 0 Å². The summed E-state index contributed by atoms with van der Waals surface area (Å²) in [7, 11) is 0. The Labute approximate surface area is 175 Å². The molecule has 8 heteroatoms. The zero-order valence-corrected chi connectivity index (χ0v) is 18.0. The molecular weight excluding hydrogens is 387 g/mol. The number of anilines is 1. The summed E-state index contributed by atoms with van der Waals surface area (Å²) in [6.07, 6.45) is 3.42. The number of carbonyl (C=O) groups excluding carboxylic acids is 2. The molecular formula is C22H27FN4O3. The Bertz CT molecular complexity index is 1020. The number of ether oxygens (including phenoxy) is 1. The Morgan fingerprint density at radius 1 is 1.13 bits per heavy atom. The summed E-state index contributed by atoms with van der Waals surface area (Å²) < 4.78 is 21.5. The molecule has 2 aliphatic heterocycles. The SMILES string of the molecule is CC(C)(C)OC(=O)c1ncn2c1C(C)(C)N(C(=O)N1CCCC1)c1cc(F)ccc1-2. The average Bonchev–Trinajstić information content (AvgIpc) is 3.30. The van der Waals surface area contributed by atoms with Gasteiger partial charge in [0.05, 0.1) is 22.6 Å². The maximum Gasteiger partial charge on any atom is 0.359 e. The topological polar surface area (TPSA) is 67.7 Å². The zero-order valence-electron chi connectivity index (χ0n) is 18.0. The number of fused-ring (bicyclic) bond motifs is 3. The van der Waals surface area contributed by atoms with Gasteiger partial charge in [-0.25, -0.2) is 19.0 Å². The van der Waals surface area contributed by atoms with Crippen LogP contribution in [0.2, 0.25) is 0 Å². The molecule has 3 heterocycles. The number of rotatable bonds is 1. The number of benzene rings is 1. The van der Waals surface area contributed by atoms with Crippen molar-refractivity contribution in [3.05, 3.63) is 41.7 Å². The Hall–Kier alpha value is -2.90. The second-order valence-corrected chi connectivity index (χ2v) is 9.32. The van der Waals surface area contributed by atoms with Gasteiger partial charge in [0.2, 0.25) is 0 Å². The number of aromatic nitrogens is 2. The number of urea groups is 1. The summed E-state index contributed by atoms with van der Waals surface area (Å²) >= 11 is 0. The molecule has 4 rings (SSSR count). The average molecular weight is 414 g/mol. The molecule has 2 aromatic rings. The van der Waals surface area contributed by atoms with Gasteiger partial charge in [-0.05, 0) is 65.7 Å². The molecule has 0 radical (unpaired) electrons. The fourth-order valence-electron chi connectivity index (χ4n) is 4.27. The molecule has 0 aliphatic carbocycles. The van der Waals surface area contributed by atoms with Gasteiger partial charge in [-0.3, -0.25) is 9.47 Å². The van der Waals surface area contributed by atoms with Crippen molar-refractivity contribution < 1.29 is 18.7 Å². The second kappa shape index (κ2) is 6.82. The fourth-order valence-corrected chi connectivity index (χ4v) is 4.27. The van der Waals surface area contributed by atoms with E-state index in [1.807, 2.05) is 13.8 Å². The van der Waals surface area contributed by atoms with Crippen LogP contribution >= 0.6 is 0 Å². The van der Waals surface area contributed by atoms with E-state index in [1.165, 1.54) is 18.5 Å². The van der Waals surface area contributed by atoms with E-state index in [2.05, 4.69) is 4.98 Å². The highest BCUT2D eigenvalue weighted by molar-refractivity contribution is 5.99. The monoisotopic (exact) mass is 414 g/mol. The maximum absolute atomic E-state index is 14.2. The third-order valence-electron chi connectivity index (χ3n) is 5.50. The Morgan fingerprint density at radius 2 is 1.80 bits per heavy atom. The van der Waals surface area contributed by atoms with Gasteiger partial charge in [-0.2, -0.15) is 0 Å². The van der Waals surface area contributed by atoms with Gasteiger partial charge in [-0.15, -0.1) is 0 Å². The molecule has 0 N–H and O–H groups in total. The first-order chi connectivity index (χ1) is 14.0. The molecule has 160 valence electrons. The van der Waals surface area contributed by atoms with Crippen LogP contribution in [0.5, 0.6) is 0 Å². The van der Waals surface area contributed by atoms with E-state index in [1.54, 1.807) is 41.2 Å². The molecule has 0 spiro atoms. The standard InChI is InChI=1S/C22H27FN4O3/c1-21(2,3)30-19(28)17-18-22(4,5)27(20(29)25-10-6-7-11-25)16-12-14(23)8-9-15(16)26(18)13-24-17/h8-9,12-13H,6-7,10-11H2,1-5H3. The first-order valence-electron chi connectivity index (χ1n) is 10.2. The van der Waals surface area contributed by atoms with Crippen LogP contribution in [0.15, 0.2) is 24.5 Å². The quantitative estimate of drug-likeness (QED) is 0.655. The molecule has 2 aliphatic rings. The van der Waals surface area contributed by atoms with Crippen LogP contribution < -0.4 is 4.90 Å². The molecule has 0 unspecified atom stereocenters. The van der Waals surface area contributed by atoms with E-state index in [-0.39, 0.29) is 11.7 Å². The smallest absolute Gasteiger partial charge is 0.359 e. The summed E-state index contributed by atoms with van der Waals surface area (Å²) in [5, 5.41) is 0. The number of carbonyl (C=O) groups is 2. The highest BCUT2D eigenvalue weighted by atomic mass is 19.1. The van der Waals surface area contributed by atoms with E-state index in [0.717, 1.165) is 12.8 Å². The van der Waals surface area contributed by atoms with E-state index in [4.69, 9.17) is 4.74 Å². The Kier molecular flexibility index (Phi) is 4.63. The maximum atomic E-state index is 14.2. The molecule has 0 bridgehead atoms. The molecule has 1 saturated heterocycles. The van der Waals surface area contributed by atoms with Crippen molar-refractivity contribution in [3.8, 4) is 5.69 Å². The summed E-state index contributed by atoms with van der Waals surface area (Å²) in [6, 6.07) is 4.11. The van der Waals surface area contributed by atoms with Gasteiger partial charge in [0, 0.05) is 13.1 Å². The summed E-state index contributed by atoms with van der Waals surface area (Å²) in [5.41, 5.74) is 0.118. The summed E-state index contributed by atoms with van der Waals surface area (Å²) in [4.78, 5) is 34.1. The molecule has 7 nitrogen and oxygen atoms in total. The van der Waals surface area contributed by atoms with Crippen LogP contribution in [-0.2, 0) is 10.3 Å². The second-order valence-electron chi connectivity index (χ2n) is 9.32. The van der Waals surface area contributed by atoms with Crippen molar-refractivity contribution in [2.75, 3.05) is 18.0 Å². The first kappa shape index (κ1) is 20.4. The minimum Gasteiger partial charge on any atom is -0.455 e. The number of imidazole rings is 1. The normalized spacial score (nSPS) is 17.5. The third-order valence-corrected chi connectivity index (χ3v) is 5.50. The van der Waals surface area contributed by atoms with Crippen molar-refractivity contribution in [2.24, 2.45) is 0 Å². The van der Waals surface area contributed by atoms with E-state index < -0.39 is 22.9 Å². The van der Waals surface area contributed by atoms with Gasteiger partial charge in [0.15, 0.2) is 5.69 Å². The summed E-state index contributed by atoms with van der Waals surface area (Å²) in [6.45, 7) is 10.4. The highest BCUT2D eigenvalue weighted by Crippen LogP contribution is 2.44. The van der Waals surface area contributed by atoms with Crippen LogP contribution in [0, 0.1) is 5.82 Å². The van der Waals surface area contributed by atoms with Crippen molar-refractivity contribution in [3.63, 3.8) is 0 Å². The molecule has 1 aromatic heterocycles. The predicted molar refractivity (Wildman–Crippen MR) is 110 cm³/mol. The minimum absolute atomic E-state index is 0.157. The molecule has 2 amide bonds. The number of hydrogen-bond acceptors (Lipinski definition) is 4. The largest absolute Gasteiger partial charge is 0.455 e. The van der Waals surface area contributed by atoms with Crippen LogP contribution in [0.3, 0.4) is 0 Å². The van der Waals surface area contributed by atoms with Crippen molar-refractivity contribution in [2.45, 2.75) is 58.6 Å². The van der Waals surface area contributed by atoms with Gasteiger partial charge in [0.1, 0.15) is 17.7 Å². The van der Waals surface area contributed by atoms with Crippen molar-refractivity contribution >= 4 is 17.7 Å². The molecule has 1 fully saturated rings. The lowest BCUT2D eigenvalue weighted by atomic mass is 9.91. The third kappa shape index (κ3) is 3.24. The number of likely N-dealkylation sites (tertiary alicyclic amines) is 1. The first-order valence-corrected chi connectivity index (χ1v) is 10.2. The van der Waals surface area contributed by atoms with Gasteiger partial charge in [0.25, 0.3) is 0 Å². The molecule has 0 saturated carbocycles. The predicted octanol–water partition coefficient (Wildman–Crippen LogP) is 4.24. The number of esters is 1. The van der Waals surface area contributed by atoms with Crippen LogP contribution in [0.4, 0.5) is 14.9 Å². The summed E-state index contributed by atoms with van der Waals surface area (Å²) in [5.74, 6) is -0.983. The lowest BCUT2D eigenvalue weighted by Crippen LogP contribution is -2.54. The van der Waals surface area contributed by atoms with E-state index >= 15 is 0 Å². The van der Waals surface area contributed by atoms with Crippen molar-refractivity contribution in [1.29, 1.82) is 0 Å². The van der Waals surface area contributed by atoms with Gasteiger partial charge < -0.3 is 9.64 Å². The Balaban J connectivity index is 1.89. The number of hydrogen-bond donors (Lipinski definition) is 0. The fraction of sp³-hybridized carbons (Fsp3) is 0.500. The number of amides is 2. The lowest BCUT2D eigenvalue weighted by molar-refractivity contribution is 0.00600. The number of nitrogens with zero attached hydrogens (tertiary/aromatic N) is 4. The number of halogens is 1.